The first-order valence-corrected chi connectivity index (χ1v) is 4.88. The Bertz CT molecular complexity index is 373. The molecule has 0 unspecified atom stereocenters. The van der Waals surface area contributed by atoms with Gasteiger partial charge in [0.25, 0.3) is 0 Å². The quantitative estimate of drug-likeness (QED) is 0.446. The second-order valence-corrected chi connectivity index (χ2v) is 3.17. The van der Waals surface area contributed by atoms with Gasteiger partial charge in [0.05, 0.1) is 16.0 Å². The van der Waals surface area contributed by atoms with Gasteiger partial charge in [-0.15, -0.1) is 0 Å². The Labute approximate surface area is 90.9 Å². The van der Waals surface area contributed by atoms with E-state index in [0.717, 1.165) is 10.6 Å². The molecule has 13 heavy (non-hydrogen) atoms. The van der Waals surface area contributed by atoms with Gasteiger partial charge in [0.1, 0.15) is 0 Å². The first kappa shape index (κ1) is 10.3. The van der Waals surface area contributed by atoms with E-state index < -0.39 is 0 Å². The molecule has 0 amide bonds. The van der Waals surface area contributed by atoms with Crippen molar-refractivity contribution in [2.24, 2.45) is 9.39 Å². The molecule has 0 heterocycles. The lowest BCUT2D eigenvalue weighted by Crippen LogP contribution is -1.67. The summed E-state index contributed by atoms with van der Waals surface area (Å²) in [6.45, 7) is 0. The van der Waals surface area contributed by atoms with Crippen LogP contribution in [0.2, 0.25) is 0 Å². The molecular formula is C8H4N2S3. The van der Waals surface area contributed by atoms with Gasteiger partial charge in [0.2, 0.25) is 0 Å². The van der Waals surface area contributed by atoms with Gasteiger partial charge in [-0.05, 0) is 48.7 Å². The zero-order valence-corrected chi connectivity index (χ0v) is 8.88. The number of aliphatic imine (C=N–C) groups is 1. The van der Waals surface area contributed by atoms with Gasteiger partial charge in [-0.2, -0.15) is 9.39 Å². The van der Waals surface area contributed by atoms with Crippen LogP contribution in [0.15, 0.2) is 38.6 Å². The van der Waals surface area contributed by atoms with Crippen LogP contribution in [0.5, 0.6) is 0 Å². The number of thiocarbonyl (C=S) groups is 2. The largest absolute Gasteiger partial charge is 0.195 e. The summed E-state index contributed by atoms with van der Waals surface area (Å²) < 4.78 is 3.73. The second kappa shape index (κ2) is 5.75. The normalized spacial score (nSPS) is 8.31. The first-order valence-electron chi connectivity index (χ1n) is 3.29. The Hall–Kier alpha value is -0.830. The van der Waals surface area contributed by atoms with E-state index in [9.17, 15) is 0 Å². The molecule has 64 valence electrons. The van der Waals surface area contributed by atoms with Crippen molar-refractivity contribution in [2.75, 3.05) is 0 Å². The number of nitrogens with zero attached hydrogens (tertiary/aromatic N) is 2. The molecule has 0 aromatic heterocycles. The fraction of sp³-hybridized carbons (Fsp3) is 0. The van der Waals surface area contributed by atoms with Gasteiger partial charge in [-0.3, -0.25) is 0 Å². The highest BCUT2D eigenvalue weighted by Gasteiger charge is 1.91. The smallest absolute Gasteiger partial charge is 0.0740 e. The molecule has 2 nitrogen and oxygen atoms in total. The van der Waals surface area contributed by atoms with Crippen molar-refractivity contribution in [2.45, 2.75) is 4.90 Å². The Morgan fingerprint density at radius 2 is 1.77 bits per heavy atom. The number of benzene rings is 1. The maximum absolute atomic E-state index is 4.47. The van der Waals surface area contributed by atoms with Crippen molar-refractivity contribution in [3.63, 3.8) is 0 Å². The SMILES string of the molecule is S=C=NSc1ccc(N=C=S)cc1. The molecule has 0 aliphatic heterocycles. The summed E-state index contributed by atoms with van der Waals surface area (Å²) in [6.07, 6.45) is 0. The lowest BCUT2D eigenvalue weighted by molar-refractivity contribution is 1.43. The van der Waals surface area contributed by atoms with Crippen LogP contribution in [0.25, 0.3) is 0 Å². The molecule has 0 aliphatic rings. The van der Waals surface area contributed by atoms with E-state index in [1.807, 2.05) is 24.3 Å². The van der Waals surface area contributed by atoms with E-state index in [2.05, 4.69) is 44.1 Å². The lowest BCUT2D eigenvalue weighted by Gasteiger charge is -1.93. The van der Waals surface area contributed by atoms with Crippen molar-refractivity contribution in [1.29, 1.82) is 0 Å². The van der Waals surface area contributed by atoms with Gasteiger partial charge < -0.3 is 0 Å². The molecule has 0 radical (unpaired) electrons. The topological polar surface area (TPSA) is 24.7 Å². The van der Waals surface area contributed by atoms with Crippen LogP contribution in [0, 0.1) is 0 Å². The molecule has 0 bridgehead atoms. The minimum atomic E-state index is 0.783. The highest BCUT2D eigenvalue weighted by atomic mass is 32.2. The lowest BCUT2D eigenvalue weighted by atomic mass is 10.3. The average Bonchev–Trinajstić information content (AvgIpc) is 2.17. The predicted molar refractivity (Wildman–Crippen MR) is 62.0 cm³/mol. The van der Waals surface area contributed by atoms with Gasteiger partial charge in [0.15, 0.2) is 0 Å². The molecule has 1 rings (SSSR count). The summed E-state index contributed by atoms with van der Waals surface area (Å²) in [5.74, 6) is 0. The molecule has 0 saturated heterocycles. The zero-order chi connectivity index (χ0) is 9.52. The Balaban J connectivity index is 2.80. The molecule has 0 aliphatic carbocycles. The van der Waals surface area contributed by atoms with E-state index in [1.54, 1.807) is 0 Å². The highest BCUT2D eigenvalue weighted by molar-refractivity contribution is 7.98. The number of hydrogen-bond donors (Lipinski definition) is 0. The Morgan fingerprint density at radius 1 is 1.08 bits per heavy atom. The monoisotopic (exact) mass is 224 g/mol. The number of rotatable bonds is 3. The summed E-state index contributed by atoms with van der Waals surface area (Å²) >= 11 is 10.2. The third-order valence-corrected chi connectivity index (χ3v) is 2.16. The molecule has 0 spiro atoms. The van der Waals surface area contributed by atoms with Crippen LogP contribution in [0.1, 0.15) is 0 Å². The van der Waals surface area contributed by atoms with E-state index >= 15 is 0 Å². The molecule has 0 saturated carbocycles. The van der Waals surface area contributed by atoms with Crippen molar-refractivity contribution >= 4 is 52.4 Å². The highest BCUT2D eigenvalue weighted by Crippen LogP contribution is 2.21. The van der Waals surface area contributed by atoms with Crippen molar-refractivity contribution in [1.82, 2.24) is 0 Å². The fourth-order valence-corrected chi connectivity index (χ4v) is 1.32. The maximum atomic E-state index is 4.47. The third-order valence-electron chi connectivity index (χ3n) is 1.20. The van der Waals surface area contributed by atoms with Crippen LogP contribution < -0.4 is 0 Å². The summed E-state index contributed by atoms with van der Waals surface area (Å²) in [6, 6.07) is 7.43. The second-order valence-electron chi connectivity index (χ2n) is 1.97. The summed E-state index contributed by atoms with van der Waals surface area (Å²) in [5, 5.41) is 4.57. The standard InChI is InChI=1S/C8H4N2S3/c11-5-9-7-1-3-8(4-2-7)13-10-6-12/h1-4H. The minimum absolute atomic E-state index is 0.783. The van der Waals surface area contributed by atoms with Crippen molar-refractivity contribution in [3.8, 4) is 0 Å². The Kier molecular flexibility index (Phi) is 4.54. The van der Waals surface area contributed by atoms with Gasteiger partial charge in [-0.1, -0.05) is 0 Å². The van der Waals surface area contributed by atoms with Crippen molar-refractivity contribution in [3.05, 3.63) is 24.3 Å². The molecule has 1 aromatic rings. The molecular weight excluding hydrogens is 220 g/mol. The van der Waals surface area contributed by atoms with Crippen LogP contribution in [-0.4, -0.2) is 10.3 Å². The summed E-state index contributed by atoms with van der Waals surface area (Å²) in [5.41, 5.74) is 0.783. The minimum Gasteiger partial charge on any atom is -0.195 e. The maximum Gasteiger partial charge on any atom is 0.0740 e. The number of isothiocyanates is 2. The van der Waals surface area contributed by atoms with Crippen LogP contribution >= 0.6 is 36.4 Å². The van der Waals surface area contributed by atoms with E-state index in [-0.39, 0.29) is 0 Å². The molecule has 0 N–H and O–H groups in total. The fourth-order valence-electron chi connectivity index (χ4n) is 0.706. The van der Waals surface area contributed by atoms with E-state index in [4.69, 9.17) is 0 Å². The van der Waals surface area contributed by atoms with E-state index in [1.165, 1.54) is 11.9 Å². The average molecular weight is 224 g/mol. The number of hydrogen-bond acceptors (Lipinski definition) is 5. The third kappa shape index (κ3) is 3.59. The molecule has 0 atom stereocenters. The van der Waals surface area contributed by atoms with Crippen LogP contribution in [0.4, 0.5) is 5.69 Å². The Morgan fingerprint density at radius 3 is 2.31 bits per heavy atom. The molecule has 5 heteroatoms. The van der Waals surface area contributed by atoms with Crippen molar-refractivity contribution < 1.29 is 0 Å². The first-order chi connectivity index (χ1) is 6.36. The predicted octanol–water partition coefficient (Wildman–Crippen LogP) is 3.53. The zero-order valence-electron chi connectivity index (χ0n) is 6.43. The van der Waals surface area contributed by atoms with Gasteiger partial charge in [-0.25, -0.2) is 0 Å². The van der Waals surface area contributed by atoms with Crippen LogP contribution in [0.3, 0.4) is 0 Å². The summed E-state index contributed by atoms with van der Waals surface area (Å²) in [7, 11) is 0. The molecule has 0 fully saturated rings. The van der Waals surface area contributed by atoms with Gasteiger partial charge >= 0.3 is 0 Å². The summed E-state index contributed by atoms with van der Waals surface area (Å²) in [4.78, 5) is 4.80. The van der Waals surface area contributed by atoms with E-state index in [0.29, 0.717) is 0 Å². The molecule has 1 aromatic carbocycles. The van der Waals surface area contributed by atoms with Gasteiger partial charge in [0, 0.05) is 16.8 Å². The van der Waals surface area contributed by atoms with Crippen LogP contribution in [-0.2, 0) is 0 Å².